The SMILES string of the molecule is CCN(Cc1ccccc1C)C(=O)c1cc(C)oc1C. The van der Waals surface area contributed by atoms with Gasteiger partial charge in [0.05, 0.1) is 5.56 Å². The Balaban J connectivity index is 2.22. The standard InChI is InChI=1S/C17H21NO2/c1-5-18(11-15-9-7-6-8-12(15)2)17(19)16-10-13(3)20-14(16)4/h6-10H,5,11H2,1-4H3. The second-order valence-corrected chi connectivity index (χ2v) is 5.07. The van der Waals surface area contributed by atoms with Crippen LogP contribution in [-0.4, -0.2) is 17.4 Å². The van der Waals surface area contributed by atoms with Crippen molar-refractivity contribution in [1.82, 2.24) is 4.90 Å². The molecule has 20 heavy (non-hydrogen) atoms. The quantitative estimate of drug-likeness (QED) is 0.846. The van der Waals surface area contributed by atoms with Gasteiger partial charge in [0, 0.05) is 13.1 Å². The number of carbonyl (C=O) groups excluding carboxylic acids is 1. The normalized spacial score (nSPS) is 10.6. The predicted molar refractivity (Wildman–Crippen MR) is 79.8 cm³/mol. The van der Waals surface area contributed by atoms with Crippen molar-refractivity contribution in [3.63, 3.8) is 0 Å². The van der Waals surface area contributed by atoms with Gasteiger partial charge in [-0.1, -0.05) is 24.3 Å². The molecule has 0 radical (unpaired) electrons. The second kappa shape index (κ2) is 5.95. The molecule has 0 unspecified atom stereocenters. The Kier molecular flexibility index (Phi) is 4.28. The van der Waals surface area contributed by atoms with Crippen molar-refractivity contribution in [3.05, 3.63) is 58.5 Å². The van der Waals surface area contributed by atoms with E-state index in [1.807, 2.05) is 43.9 Å². The van der Waals surface area contributed by atoms with E-state index in [4.69, 9.17) is 4.42 Å². The molecular weight excluding hydrogens is 250 g/mol. The Hall–Kier alpha value is -2.03. The summed E-state index contributed by atoms with van der Waals surface area (Å²) in [6.07, 6.45) is 0. The van der Waals surface area contributed by atoms with Crippen LogP contribution >= 0.6 is 0 Å². The maximum Gasteiger partial charge on any atom is 0.257 e. The van der Waals surface area contributed by atoms with Crippen LogP contribution in [0.3, 0.4) is 0 Å². The molecule has 0 fully saturated rings. The minimum absolute atomic E-state index is 0.0325. The predicted octanol–water partition coefficient (Wildman–Crippen LogP) is 3.87. The maximum absolute atomic E-state index is 12.6. The van der Waals surface area contributed by atoms with Crippen LogP contribution in [0.15, 0.2) is 34.7 Å². The van der Waals surface area contributed by atoms with Gasteiger partial charge in [-0.05, 0) is 44.9 Å². The van der Waals surface area contributed by atoms with Gasteiger partial charge in [-0.15, -0.1) is 0 Å². The van der Waals surface area contributed by atoms with Gasteiger partial charge in [-0.25, -0.2) is 0 Å². The largest absolute Gasteiger partial charge is 0.466 e. The smallest absolute Gasteiger partial charge is 0.257 e. The summed E-state index contributed by atoms with van der Waals surface area (Å²) in [7, 11) is 0. The van der Waals surface area contributed by atoms with Gasteiger partial charge >= 0.3 is 0 Å². The summed E-state index contributed by atoms with van der Waals surface area (Å²) in [5.74, 6) is 1.50. The summed E-state index contributed by atoms with van der Waals surface area (Å²) >= 11 is 0. The van der Waals surface area contributed by atoms with Crippen molar-refractivity contribution in [3.8, 4) is 0 Å². The Morgan fingerprint density at radius 2 is 1.90 bits per heavy atom. The zero-order valence-corrected chi connectivity index (χ0v) is 12.6. The van der Waals surface area contributed by atoms with Gasteiger partial charge in [-0.3, -0.25) is 4.79 Å². The van der Waals surface area contributed by atoms with E-state index in [1.165, 1.54) is 11.1 Å². The first kappa shape index (κ1) is 14.4. The molecule has 0 atom stereocenters. The van der Waals surface area contributed by atoms with Crippen LogP contribution in [0.2, 0.25) is 0 Å². The summed E-state index contributed by atoms with van der Waals surface area (Å²) in [4.78, 5) is 14.4. The lowest BCUT2D eigenvalue weighted by Gasteiger charge is -2.21. The van der Waals surface area contributed by atoms with E-state index in [9.17, 15) is 4.79 Å². The monoisotopic (exact) mass is 271 g/mol. The molecule has 3 nitrogen and oxygen atoms in total. The zero-order chi connectivity index (χ0) is 14.7. The molecule has 1 aromatic carbocycles. The van der Waals surface area contributed by atoms with E-state index in [0.29, 0.717) is 24.4 Å². The molecule has 0 spiro atoms. The first-order valence-corrected chi connectivity index (χ1v) is 6.93. The number of amides is 1. The van der Waals surface area contributed by atoms with Crippen LogP contribution in [0.1, 0.15) is 39.9 Å². The first-order valence-electron chi connectivity index (χ1n) is 6.93. The highest BCUT2D eigenvalue weighted by Crippen LogP contribution is 2.18. The van der Waals surface area contributed by atoms with Crippen molar-refractivity contribution in [2.75, 3.05) is 6.54 Å². The summed E-state index contributed by atoms with van der Waals surface area (Å²) < 4.78 is 5.46. The number of aryl methyl sites for hydroxylation is 3. The van der Waals surface area contributed by atoms with E-state index in [-0.39, 0.29) is 5.91 Å². The summed E-state index contributed by atoms with van der Waals surface area (Å²) in [6, 6.07) is 9.98. The number of carbonyl (C=O) groups is 1. The van der Waals surface area contributed by atoms with Crippen molar-refractivity contribution < 1.29 is 9.21 Å². The highest BCUT2D eigenvalue weighted by Gasteiger charge is 2.19. The van der Waals surface area contributed by atoms with Crippen LogP contribution < -0.4 is 0 Å². The number of benzene rings is 1. The lowest BCUT2D eigenvalue weighted by molar-refractivity contribution is 0.0750. The van der Waals surface area contributed by atoms with E-state index < -0.39 is 0 Å². The third-order valence-corrected chi connectivity index (χ3v) is 3.56. The third-order valence-electron chi connectivity index (χ3n) is 3.56. The third kappa shape index (κ3) is 2.93. The van der Waals surface area contributed by atoms with Crippen molar-refractivity contribution in [2.24, 2.45) is 0 Å². The average molecular weight is 271 g/mol. The topological polar surface area (TPSA) is 33.5 Å². The van der Waals surface area contributed by atoms with Gasteiger partial charge < -0.3 is 9.32 Å². The number of furan rings is 1. The molecule has 0 aliphatic heterocycles. The molecule has 3 heteroatoms. The molecule has 0 bridgehead atoms. The minimum atomic E-state index is 0.0325. The molecule has 0 N–H and O–H groups in total. The minimum Gasteiger partial charge on any atom is -0.466 e. The van der Waals surface area contributed by atoms with E-state index >= 15 is 0 Å². The number of rotatable bonds is 4. The molecule has 0 aliphatic rings. The molecule has 1 heterocycles. The lowest BCUT2D eigenvalue weighted by atomic mass is 10.1. The molecule has 0 aliphatic carbocycles. The first-order chi connectivity index (χ1) is 9.52. The van der Waals surface area contributed by atoms with Crippen LogP contribution in [0.25, 0.3) is 0 Å². The summed E-state index contributed by atoms with van der Waals surface area (Å²) in [5.41, 5.74) is 3.05. The van der Waals surface area contributed by atoms with Gasteiger partial charge in [0.2, 0.25) is 0 Å². The van der Waals surface area contributed by atoms with E-state index in [1.54, 1.807) is 0 Å². The van der Waals surface area contributed by atoms with Crippen LogP contribution in [0, 0.1) is 20.8 Å². The molecular formula is C17H21NO2. The Morgan fingerprint density at radius 1 is 1.20 bits per heavy atom. The number of nitrogens with zero attached hydrogens (tertiary/aromatic N) is 1. The molecule has 106 valence electrons. The fourth-order valence-corrected chi connectivity index (χ4v) is 2.33. The molecule has 2 aromatic rings. The van der Waals surface area contributed by atoms with Crippen molar-refractivity contribution in [1.29, 1.82) is 0 Å². The van der Waals surface area contributed by atoms with Gasteiger partial charge in [0.25, 0.3) is 5.91 Å². The molecule has 1 amide bonds. The Morgan fingerprint density at radius 3 is 2.45 bits per heavy atom. The Bertz CT molecular complexity index is 613. The van der Waals surface area contributed by atoms with Gasteiger partial charge in [0.15, 0.2) is 0 Å². The van der Waals surface area contributed by atoms with Crippen LogP contribution in [0.5, 0.6) is 0 Å². The van der Waals surface area contributed by atoms with Gasteiger partial charge in [0.1, 0.15) is 11.5 Å². The number of hydrogen-bond acceptors (Lipinski definition) is 2. The average Bonchev–Trinajstić information content (AvgIpc) is 2.76. The van der Waals surface area contributed by atoms with Gasteiger partial charge in [-0.2, -0.15) is 0 Å². The van der Waals surface area contributed by atoms with Crippen LogP contribution in [-0.2, 0) is 6.54 Å². The molecule has 0 saturated heterocycles. The second-order valence-electron chi connectivity index (χ2n) is 5.07. The molecule has 1 aromatic heterocycles. The van der Waals surface area contributed by atoms with E-state index in [2.05, 4.69) is 19.1 Å². The summed E-state index contributed by atoms with van der Waals surface area (Å²) in [5, 5.41) is 0. The van der Waals surface area contributed by atoms with Crippen LogP contribution in [0.4, 0.5) is 0 Å². The van der Waals surface area contributed by atoms with Crippen molar-refractivity contribution in [2.45, 2.75) is 34.2 Å². The van der Waals surface area contributed by atoms with Crippen molar-refractivity contribution >= 4 is 5.91 Å². The highest BCUT2D eigenvalue weighted by atomic mass is 16.3. The van der Waals surface area contributed by atoms with E-state index in [0.717, 1.165) is 5.76 Å². The maximum atomic E-state index is 12.6. The fraction of sp³-hybridized carbons (Fsp3) is 0.353. The Labute approximate surface area is 120 Å². The zero-order valence-electron chi connectivity index (χ0n) is 12.6. The number of hydrogen-bond donors (Lipinski definition) is 0. The lowest BCUT2D eigenvalue weighted by Crippen LogP contribution is -2.30. The fourth-order valence-electron chi connectivity index (χ4n) is 2.33. The summed E-state index contributed by atoms with van der Waals surface area (Å²) in [6.45, 7) is 9.07. The molecule has 2 rings (SSSR count). The molecule has 0 saturated carbocycles. The highest BCUT2D eigenvalue weighted by molar-refractivity contribution is 5.95.